The van der Waals surface area contributed by atoms with Crippen LogP contribution in [-0.2, 0) is 10.2 Å². The zero-order chi connectivity index (χ0) is 16.0. The van der Waals surface area contributed by atoms with Crippen LogP contribution in [0.2, 0.25) is 0 Å². The fourth-order valence-electron chi connectivity index (χ4n) is 1.60. The summed E-state index contributed by atoms with van der Waals surface area (Å²) in [5.41, 5.74) is 0.904. The first kappa shape index (κ1) is 18.3. The maximum absolute atomic E-state index is 12.2. The third-order valence-corrected chi connectivity index (χ3v) is 5.30. The van der Waals surface area contributed by atoms with Gasteiger partial charge in [0, 0.05) is 25.0 Å². The minimum atomic E-state index is -3.52. The van der Waals surface area contributed by atoms with Gasteiger partial charge in [-0.25, -0.2) is 9.71 Å². The van der Waals surface area contributed by atoms with Crippen LogP contribution in [0.4, 0.5) is 5.13 Å². The molecular weight excluding hydrogens is 308 g/mol. The van der Waals surface area contributed by atoms with Crippen molar-refractivity contribution < 1.29 is 8.42 Å². The van der Waals surface area contributed by atoms with E-state index in [1.54, 1.807) is 7.05 Å². The molecule has 8 heteroatoms. The first-order valence-corrected chi connectivity index (χ1v) is 9.47. The highest BCUT2D eigenvalue weighted by atomic mass is 32.2. The molecule has 0 spiro atoms. The summed E-state index contributed by atoms with van der Waals surface area (Å²) in [6, 6.07) is 0.412. The van der Waals surface area contributed by atoms with Crippen molar-refractivity contribution in [2.24, 2.45) is 0 Å². The summed E-state index contributed by atoms with van der Waals surface area (Å²) in [6.07, 6.45) is 0.769. The Morgan fingerprint density at radius 2 is 2.00 bits per heavy atom. The van der Waals surface area contributed by atoms with Gasteiger partial charge in [0.05, 0.1) is 5.69 Å². The summed E-state index contributed by atoms with van der Waals surface area (Å²) in [7, 11) is -1.94. The van der Waals surface area contributed by atoms with Gasteiger partial charge in [0.25, 0.3) is 0 Å². The van der Waals surface area contributed by atoms with E-state index in [4.69, 9.17) is 0 Å². The van der Waals surface area contributed by atoms with Gasteiger partial charge in [-0.2, -0.15) is 12.7 Å². The molecule has 0 saturated carbocycles. The topological polar surface area (TPSA) is 74.3 Å². The number of rotatable bonds is 9. The van der Waals surface area contributed by atoms with Gasteiger partial charge in [0.15, 0.2) is 5.13 Å². The van der Waals surface area contributed by atoms with Crippen LogP contribution in [0.1, 0.15) is 45.7 Å². The summed E-state index contributed by atoms with van der Waals surface area (Å²) in [6.45, 7) is 9.46. The molecule has 6 nitrogen and oxygen atoms in total. The van der Waals surface area contributed by atoms with Crippen LogP contribution in [0.25, 0.3) is 0 Å². The molecule has 0 fully saturated rings. The van der Waals surface area contributed by atoms with Crippen LogP contribution in [0.5, 0.6) is 0 Å². The van der Waals surface area contributed by atoms with E-state index in [0.29, 0.717) is 23.6 Å². The average Bonchev–Trinajstić information content (AvgIpc) is 2.81. The van der Waals surface area contributed by atoms with E-state index in [1.807, 2.05) is 19.2 Å². The first-order valence-electron chi connectivity index (χ1n) is 7.15. The van der Waals surface area contributed by atoms with Gasteiger partial charge in [0.1, 0.15) is 0 Å². The third kappa shape index (κ3) is 6.29. The van der Waals surface area contributed by atoms with Crippen molar-refractivity contribution in [1.29, 1.82) is 0 Å². The van der Waals surface area contributed by atoms with Gasteiger partial charge < -0.3 is 5.32 Å². The fraction of sp³-hybridized carbons (Fsp3) is 0.769. The van der Waals surface area contributed by atoms with Gasteiger partial charge in [0.2, 0.25) is 0 Å². The molecule has 122 valence electrons. The Morgan fingerprint density at radius 3 is 2.52 bits per heavy atom. The van der Waals surface area contributed by atoms with Gasteiger partial charge in [-0.3, -0.25) is 0 Å². The van der Waals surface area contributed by atoms with Crippen LogP contribution in [0, 0.1) is 0 Å². The number of nitrogens with zero attached hydrogens (tertiary/aromatic N) is 2. The SMILES string of the molecule is CC(C)NCCCN(C)S(=O)(=O)Nc1nc(C(C)C)cs1. The van der Waals surface area contributed by atoms with E-state index in [1.165, 1.54) is 15.6 Å². The molecule has 0 saturated heterocycles. The summed E-state index contributed by atoms with van der Waals surface area (Å²) in [5.74, 6) is 0.291. The quantitative estimate of drug-likeness (QED) is 0.679. The second-order valence-corrected chi connectivity index (χ2v) is 8.26. The predicted molar refractivity (Wildman–Crippen MR) is 89.1 cm³/mol. The standard InChI is InChI=1S/C13H26N4O2S2/c1-10(2)12-9-20-13(15-12)16-21(18,19)17(5)8-6-7-14-11(3)4/h9-11,14H,6-8H2,1-5H3,(H,15,16). The molecule has 0 aliphatic rings. The molecule has 0 atom stereocenters. The van der Waals surface area contributed by atoms with Crippen molar-refractivity contribution in [3.63, 3.8) is 0 Å². The maximum atomic E-state index is 12.2. The summed E-state index contributed by atoms with van der Waals surface area (Å²) in [5, 5.41) is 5.57. The van der Waals surface area contributed by atoms with Crippen LogP contribution < -0.4 is 10.0 Å². The Hall–Kier alpha value is -0.700. The van der Waals surface area contributed by atoms with Crippen LogP contribution in [0.3, 0.4) is 0 Å². The molecule has 0 bridgehead atoms. The summed E-state index contributed by atoms with van der Waals surface area (Å²) in [4.78, 5) is 4.29. The van der Waals surface area contributed by atoms with E-state index in [0.717, 1.165) is 18.7 Å². The summed E-state index contributed by atoms with van der Waals surface area (Å²) < 4.78 is 28.2. The zero-order valence-electron chi connectivity index (χ0n) is 13.4. The van der Waals surface area contributed by atoms with Crippen molar-refractivity contribution in [3.8, 4) is 0 Å². The molecule has 0 unspecified atom stereocenters. The molecule has 1 rings (SSSR count). The number of aromatic nitrogens is 1. The maximum Gasteiger partial charge on any atom is 0.303 e. The minimum absolute atomic E-state index is 0.291. The smallest absolute Gasteiger partial charge is 0.303 e. The van der Waals surface area contributed by atoms with Gasteiger partial charge in [-0.15, -0.1) is 11.3 Å². The van der Waals surface area contributed by atoms with E-state index in [9.17, 15) is 8.42 Å². The highest BCUT2D eigenvalue weighted by molar-refractivity contribution is 7.90. The van der Waals surface area contributed by atoms with Crippen LogP contribution in [-0.4, -0.2) is 43.9 Å². The van der Waals surface area contributed by atoms with Crippen molar-refractivity contribution in [2.45, 2.75) is 46.1 Å². The Balaban J connectivity index is 2.51. The van der Waals surface area contributed by atoms with Gasteiger partial charge >= 0.3 is 10.2 Å². The van der Waals surface area contributed by atoms with E-state index < -0.39 is 10.2 Å². The first-order chi connectivity index (χ1) is 9.72. The second kappa shape index (κ2) is 8.07. The predicted octanol–water partition coefficient (Wildman–Crippen LogP) is 2.24. The molecule has 0 aliphatic heterocycles. The lowest BCUT2D eigenvalue weighted by atomic mass is 10.2. The van der Waals surface area contributed by atoms with Crippen molar-refractivity contribution >= 4 is 26.7 Å². The highest BCUT2D eigenvalue weighted by Crippen LogP contribution is 2.22. The molecular formula is C13H26N4O2S2. The average molecular weight is 335 g/mol. The monoisotopic (exact) mass is 334 g/mol. The van der Waals surface area contributed by atoms with Crippen molar-refractivity contribution in [3.05, 3.63) is 11.1 Å². The lowest BCUT2D eigenvalue weighted by Gasteiger charge is -2.17. The Bertz CT molecular complexity index is 526. The summed E-state index contributed by atoms with van der Waals surface area (Å²) >= 11 is 1.31. The molecule has 1 aromatic rings. The normalized spacial score (nSPS) is 12.6. The number of hydrogen-bond donors (Lipinski definition) is 2. The molecule has 0 radical (unpaired) electrons. The molecule has 2 N–H and O–H groups in total. The number of anilines is 1. The van der Waals surface area contributed by atoms with E-state index >= 15 is 0 Å². The van der Waals surface area contributed by atoms with Crippen LogP contribution >= 0.6 is 11.3 Å². The van der Waals surface area contributed by atoms with Crippen molar-refractivity contribution in [1.82, 2.24) is 14.6 Å². The number of nitrogens with one attached hydrogen (secondary N) is 2. The van der Waals surface area contributed by atoms with E-state index in [2.05, 4.69) is 28.9 Å². The van der Waals surface area contributed by atoms with Gasteiger partial charge in [-0.05, 0) is 18.9 Å². The number of thiazole rings is 1. The van der Waals surface area contributed by atoms with E-state index in [-0.39, 0.29) is 0 Å². The molecule has 0 aromatic carbocycles. The fourth-order valence-corrected chi connectivity index (χ4v) is 3.61. The molecule has 1 aromatic heterocycles. The number of hydrogen-bond acceptors (Lipinski definition) is 5. The van der Waals surface area contributed by atoms with Gasteiger partial charge in [-0.1, -0.05) is 27.7 Å². The molecule has 0 aliphatic carbocycles. The lowest BCUT2D eigenvalue weighted by Crippen LogP contribution is -2.35. The Labute approximate surface area is 132 Å². The molecule has 21 heavy (non-hydrogen) atoms. The Morgan fingerprint density at radius 1 is 1.33 bits per heavy atom. The Kier molecular flexibility index (Phi) is 7.05. The third-order valence-electron chi connectivity index (χ3n) is 2.94. The largest absolute Gasteiger partial charge is 0.314 e. The second-order valence-electron chi connectivity index (χ2n) is 5.62. The molecule has 0 amide bonds. The van der Waals surface area contributed by atoms with Crippen molar-refractivity contribution in [2.75, 3.05) is 24.9 Å². The molecule has 1 heterocycles. The zero-order valence-corrected chi connectivity index (χ0v) is 15.0. The lowest BCUT2D eigenvalue weighted by molar-refractivity contribution is 0.451. The minimum Gasteiger partial charge on any atom is -0.314 e. The highest BCUT2D eigenvalue weighted by Gasteiger charge is 2.19. The van der Waals surface area contributed by atoms with Crippen LogP contribution in [0.15, 0.2) is 5.38 Å².